The maximum Gasteiger partial charge on any atom is 0.251 e. The van der Waals surface area contributed by atoms with Crippen molar-refractivity contribution in [3.05, 3.63) is 35.7 Å². The van der Waals surface area contributed by atoms with E-state index in [0.29, 0.717) is 17.1 Å². The molecule has 1 aromatic carbocycles. The third-order valence-electron chi connectivity index (χ3n) is 4.64. The Bertz CT molecular complexity index is 757. The molecule has 1 aliphatic rings. The van der Waals surface area contributed by atoms with E-state index in [-0.39, 0.29) is 17.2 Å². The maximum absolute atomic E-state index is 12.6. The standard InChI is InChI=1S/C18H24N4O2S/c1-3-25(24)16-7-5-4-6-15(16)20-18(23)14-10-8-13(9-11-14)17-19-12(2)21-22-17/h8-11,15-16H,3-7H2,1-2H3,(H,20,23)(H,19,21,22)/t15-,16+,25+/m0/s1. The predicted molar refractivity (Wildman–Crippen MR) is 98.7 cm³/mol. The van der Waals surface area contributed by atoms with E-state index in [0.717, 1.165) is 37.1 Å². The summed E-state index contributed by atoms with van der Waals surface area (Å²) in [6.07, 6.45) is 3.99. The lowest BCUT2D eigenvalue weighted by atomic mass is 9.94. The highest BCUT2D eigenvalue weighted by Crippen LogP contribution is 2.24. The summed E-state index contributed by atoms with van der Waals surface area (Å²) >= 11 is 0. The van der Waals surface area contributed by atoms with Crippen LogP contribution >= 0.6 is 0 Å². The molecule has 0 radical (unpaired) electrons. The Labute approximate surface area is 150 Å². The number of carbonyl (C=O) groups excluding carboxylic acids is 1. The van der Waals surface area contributed by atoms with Gasteiger partial charge in [0.15, 0.2) is 5.82 Å². The van der Waals surface area contributed by atoms with E-state index in [1.807, 2.05) is 26.0 Å². The maximum atomic E-state index is 12.6. The van der Waals surface area contributed by atoms with Gasteiger partial charge in [-0.1, -0.05) is 31.9 Å². The van der Waals surface area contributed by atoms with Crippen molar-refractivity contribution in [1.29, 1.82) is 0 Å². The Morgan fingerprint density at radius 2 is 2.00 bits per heavy atom. The van der Waals surface area contributed by atoms with Crippen molar-refractivity contribution in [2.75, 3.05) is 5.75 Å². The van der Waals surface area contributed by atoms with E-state index in [1.165, 1.54) is 0 Å². The van der Waals surface area contributed by atoms with Crippen LogP contribution in [-0.2, 0) is 10.8 Å². The number of amides is 1. The molecule has 0 saturated heterocycles. The minimum absolute atomic E-state index is 0.00244. The Hall–Kier alpha value is -2.02. The Kier molecular flexibility index (Phi) is 5.63. The van der Waals surface area contributed by atoms with E-state index >= 15 is 0 Å². The zero-order valence-corrected chi connectivity index (χ0v) is 15.4. The van der Waals surface area contributed by atoms with Gasteiger partial charge in [0.2, 0.25) is 0 Å². The summed E-state index contributed by atoms with van der Waals surface area (Å²) in [5.74, 6) is 1.91. The quantitative estimate of drug-likeness (QED) is 0.858. The molecule has 7 heteroatoms. The minimum atomic E-state index is -0.877. The second-order valence-corrected chi connectivity index (χ2v) is 8.34. The second kappa shape index (κ2) is 7.91. The van der Waals surface area contributed by atoms with E-state index in [4.69, 9.17) is 0 Å². The van der Waals surface area contributed by atoms with Crippen LogP contribution in [-0.4, -0.2) is 42.3 Å². The van der Waals surface area contributed by atoms with Crippen LogP contribution in [0, 0.1) is 6.92 Å². The monoisotopic (exact) mass is 360 g/mol. The van der Waals surface area contributed by atoms with Gasteiger partial charge in [-0.3, -0.25) is 14.1 Å². The van der Waals surface area contributed by atoms with Gasteiger partial charge in [-0.25, -0.2) is 4.98 Å². The molecule has 25 heavy (non-hydrogen) atoms. The number of rotatable bonds is 5. The fourth-order valence-corrected chi connectivity index (χ4v) is 4.71. The molecule has 3 rings (SSSR count). The molecule has 1 amide bonds. The molecule has 2 N–H and O–H groups in total. The van der Waals surface area contributed by atoms with Crippen LogP contribution in [0.25, 0.3) is 11.4 Å². The van der Waals surface area contributed by atoms with Gasteiger partial charge in [-0.15, -0.1) is 0 Å². The van der Waals surface area contributed by atoms with Gasteiger partial charge in [-0.05, 0) is 31.9 Å². The number of aromatic amines is 1. The highest BCUT2D eigenvalue weighted by molar-refractivity contribution is 7.85. The lowest BCUT2D eigenvalue weighted by Gasteiger charge is -2.31. The van der Waals surface area contributed by atoms with Crippen molar-refractivity contribution < 1.29 is 9.00 Å². The molecule has 0 unspecified atom stereocenters. The first-order valence-electron chi connectivity index (χ1n) is 8.76. The lowest BCUT2D eigenvalue weighted by molar-refractivity contribution is 0.0929. The Morgan fingerprint density at radius 1 is 1.28 bits per heavy atom. The Morgan fingerprint density at radius 3 is 2.64 bits per heavy atom. The molecule has 1 aliphatic carbocycles. The van der Waals surface area contributed by atoms with Gasteiger partial charge in [0.25, 0.3) is 5.91 Å². The number of hydrogen-bond acceptors (Lipinski definition) is 4. The van der Waals surface area contributed by atoms with Gasteiger partial charge in [0.05, 0.1) is 5.25 Å². The predicted octanol–water partition coefficient (Wildman–Crippen LogP) is 2.59. The van der Waals surface area contributed by atoms with Crippen LogP contribution in [0.1, 0.15) is 48.8 Å². The van der Waals surface area contributed by atoms with Crippen LogP contribution in [0.5, 0.6) is 0 Å². The summed E-state index contributed by atoms with van der Waals surface area (Å²) in [4.78, 5) is 16.9. The molecular formula is C18H24N4O2S. The molecule has 1 aromatic heterocycles. The number of aryl methyl sites for hydroxylation is 1. The summed E-state index contributed by atoms with van der Waals surface area (Å²) in [6, 6.07) is 7.26. The van der Waals surface area contributed by atoms with Crippen molar-refractivity contribution in [3.63, 3.8) is 0 Å². The fourth-order valence-electron chi connectivity index (χ4n) is 3.28. The lowest BCUT2D eigenvalue weighted by Crippen LogP contribution is -2.47. The van der Waals surface area contributed by atoms with Crippen LogP contribution in [0.3, 0.4) is 0 Å². The first-order chi connectivity index (χ1) is 12.1. The number of carbonyl (C=O) groups is 1. The molecule has 6 nitrogen and oxygen atoms in total. The van der Waals surface area contributed by atoms with Crippen molar-refractivity contribution in [3.8, 4) is 11.4 Å². The van der Waals surface area contributed by atoms with Gasteiger partial charge < -0.3 is 5.32 Å². The van der Waals surface area contributed by atoms with Crippen molar-refractivity contribution in [1.82, 2.24) is 20.5 Å². The molecule has 0 aliphatic heterocycles. The smallest absolute Gasteiger partial charge is 0.251 e. The van der Waals surface area contributed by atoms with E-state index < -0.39 is 10.8 Å². The zero-order valence-electron chi connectivity index (χ0n) is 14.6. The largest absolute Gasteiger partial charge is 0.348 e. The van der Waals surface area contributed by atoms with Crippen LogP contribution < -0.4 is 5.32 Å². The summed E-state index contributed by atoms with van der Waals surface area (Å²) in [5, 5.41) is 10.1. The first kappa shape index (κ1) is 17.8. The zero-order chi connectivity index (χ0) is 17.8. The highest BCUT2D eigenvalue weighted by Gasteiger charge is 2.30. The molecule has 1 saturated carbocycles. The molecule has 2 aromatic rings. The normalized spacial score (nSPS) is 21.7. The highest BCUT2D eigenvalue weighted by atomic mass is 32.2. The molecule has 0 bridgehead atoms. The summed E-state index contributed by atoms with van der Waals surface area (Å²) in [5.41, 5.74) is 1.46. The van der Waals surface area contributed by atoms with E-state index in [1.54, 1.807) is 12.1 Å². The number of H-pyrrole nitrogens is 1. The van der Waals surface area contributed by atoms with Crippen LogP contribution in [0.15, 0.2) is 24.3 Å². The molecule has 3 atom stereocenters. The van der Waals surface area contributed by atoms with Gasteiger partial charge in [0, 0.05) is 33.7 Å². The van der Waals surface area contributed by atoms with Gasteiger partial charge >= 0.3 is 0 Å². The number of hydrogen-bond donors (Lipinski definition) is 2. The second-order valence-electron chi connectivity index (χ2n) is 6.39. The van der Waals surface area contributed by atoms with Gasteiger partial charge in [-0.2, -0.15) is 5.10 Å². The Balaban J connectivity index is 1.69. The fraction of sp³-hybridized carbons (Fsp3) is 0.500. The summed E-state index contributed by atoms with van der Waals surface area (Å²) < 4.78 is 12.2. The summed E-state index contributed by atoms with van der Waals surface area (Å²) in [6.45, 7) is 3.78. The summed E-state index contributed by atoms with van der Waals surface area (Å²) in [7, 11) is -0.877. The number of benzene rings is 1. The number of aromatic nitrogens is 3. The number of nitrogens with one attached hydrogen (secondary N) is 2. The SMILES string of the molecule is CC[S@@](=O)[C@@H]1CCCC[C@@H]1NC(=O)c1ccc(-c2n[nH]c(C)n2)cc1. The molecular weight excluding hydrogens is 336 g/mol. The average molecular weight is 360 g/mol. The van der Waals surface area contributed by atoms with Crippen molar-refractivity contribution in [2.24, 2.45) is 0 Å². The molecule has 0 spiro atoms. The third kappa shape index (κ3) is 4.15. The van der Waals surface area contributed by atoms with E-state index in [2.05, 4.69) is 20.5 Å². The average Bonchev–Trinajstić information content (AvgIpc) is 3.08. The van der Waals surface area contributed by atoms with Crippen LogP contribution in [0.4, 0.5) is 0 Å². The number of nitrogens with zero attached hydrogens (tertiary/aromatic N) is 2. The molecule has 134 valence electrons. The first-order valence-corrected chi connectivity index (χ1v) is 10.1. The molecule has 1 heterocycles. The van der Waals surface area contributed by atoms with E-state index in [9.17, 15) is 9.00 Å². The van der Waals surface area contributed by atoms with Crippen molar-refractivity contribution >= 4 is 16.7 Å². The van der Waals surface area contributed by atoms with Crippen LogP contribution in [0.2, 0.25) is 0 Å². The van der Waals surface area contributed by atoms with Gasteiger partial charge in [0.1, 0.15) is 5.82 Å². The topological polar surface area (TPSA) is 87.7 Å². The minimum Gasteiger partial charge on any atom is -0.348 e. The third-order valence-corrected chi connectivity index (χ3v) is 6.45. The van der Waals surface area contributed by atoms with Crippen molar-refractivity contribution in [2.45, 2.75) is 50.8 Å². The molecule has 1 fully saturated rings.